The Hall–Kier alpha value is -0.840. The first-order chi connectivity index (χ1) is 10.5. The van der Waals surface area contributed by atoms with E-state index in [4.69, 9.17) is 12.2 Å². The Labute approximate surface area is 138 Å². The van der Waals surface area contributed by atoms with E-state index in [1.807, 2.05) is 4.90 Å². The Morgan fingerprint density at radius 3 is 1.86 bits per heavy atom. The molecular formula is C17H27N3OS. The fraction of sp³-hybridized carbons (Fsp3) is 0.882. The van der Waals surface area contributed by atoms with Crippen LogP contribution in [0.1, 0.15) is 45.4 Å². The molecule has 0 aromatic rings. The Kier molecular flexibility index (Phi) is 3.59. The van der Waals surface area contributed by atoms with Gasteiger partial charge in [-0.1, -0.05) is 0 Å². The zero-order valence-corrected chi connectivity index (χ0v) is 14.3. The molecule has 1 N–H and O–H groups in total. The van der Waals surface area contributed by atoms with Gasteiger partial charge in [-0.15, -0.1) is 0 Å². The third-order valence-electron chi connectivity index (χ3n) is 6.42. The molecule has 4 nitrogen and oxygen atoms in total. The summed E-state index contributed by atoms with van der Waals surface area (Å²) in [5, 5.41) is 4.73. The maximum atomic E-state index is 11.4. The van der Waals surface area contributed by atoms with Crippen LogP contribution in [0, 0.1) is 17.8 Å². The number of carbonyl (C=O) groups is 1. The highest BCUT2D eigenvalue weighted by atomic mass is 32.1. The summed E-state index contributed by atoms with van der Waals surface area (Å²) in [5.41, 5.74) is 0.295. The van der Waals surface area contributed by atoms with E-state index in [-0.39, 0.29) is 5.91 Å². The third-order valence-corrected chi connectivity index (χ3v) is 6.78. The number of amides is 1. The van der Waals surface area contributed by atoms with Crippen molar-refractivity contribution in [1.82, 2.24) is 15.1 Å². The van der Waals surface area contributed by atoms with E-state index in [9.17, 15) is 4.79 Å². The molecule has 0 radical (unpaired) electrons. The molecule has 4 saturated carbocycles. The maximum Gasteiger partial charge on any atom is 0.219 e. The summed E-state index contributed by atoms with van der Waals surface area (Å²) in [5.74, 6) is 3.00. The van der Waals surface area contributed by atoms with E-state index in [0.29, 0.717) is 5.54 Å². The number of piperazine rings is 1. The van der Waals surface area contributed by atoms with Gasteiger partial charge >= 0.3 is 0 Å². The summed E-state index contributed by atoms with van der Waals surface area (Å²) >= 11 is 5.72. The molecule has 5 rings (SSSR count). The van der Waals surface area contributed by atoms with Crippen LogP contribution in [-0.2, 0) is 4.79 Å². The minimum atomic E-state index is 0.180. The van der Waals surface area contributed by atoms with Gasteiger partial charge in [0.1, 0.15) is 0 Å². The number of thiocarbonyl (C=S) groups is 1. The molecule has 22 heavy (non-hydrogen) atoms. The molecule has 1 amide bonds. The van der Waals surface area contributed by atoms with Crippen molar-refractivity contribution in [1.29, 1.82) is 0 Å². The molecule has 5 heteroatoms. The molecule has 0 aromatic carbocycles. The average molecular weight is 321 g/mol. The maximum absolute atomic E-state index is 11.4. The van der Waals surface area contributed by atoms with E-state index >= 15 is 0 Å². The van der Waals surface area contributed by atoms with Crippen LogP contribution in [0.15, 0.2) is 0 Å². The van der Waals surface area contributed by atoms with Gasteiger partial charge < -0.3 is 15.1 Å². The lowest BCUT2D eigenvalue weighted by atomic mass is 9.53. The second-order valence-electron chi connectivity index (χ2n) is 8.12. The Morgan fingerprint density at radius 1 is 0.955 bits per heavy atom. The minimum absolute atomic E-state index is 0.180. The van der Waals surface area contributed by atoms with E-state index in [2.05, 4.69) is 10.2 Å². The van der Waals surface area contributed by atoms with Crippen LogP contribution in [0.3, 0.4) is 0 Å². The van der Waals surface area contributed by atoms with E-state index in [0.717, 1.165) is 49.0 Å². The van der Waals surface area contributed by atoms with Crippen LogP contribution < -0.4 is 5.32 Å². The number of rotatable bonds is 1. The Morgan fingerprint density at radius 2 is 1.41 bits per heavy atom. The van der Waals surface area contributed by atoms with Gasteiger partial charge in [-0.3, -0.25) is 4.79 Å². The van der Waals surface area contributed by atoms with Crippen molar-refractivity contribution in [3.63, 3.8) is 0 Å². The van der Waals surface area contributed by atoms with Crippen LogP contribution in [0.4, 0.5) is 0 Å². The van der Waals surface area contributed by atoms with Gasteiger partial charge in [-0.25, -0.2) is 0 Å². The lowest BCUT2D eigenvalue weighted by Gasteiger charge is -2.57. The molecular weight excluding hydrogens is 294 g/mol. The molecule has 0 aromatic heterocycles. The summed E-state index contributed by atoms with van der Waals surface area (Å²) in [6, 6.07) is 0. The predicted molar refractivity (Wildman–Crippen MR) is 90.5 cm³/mol. The number of nitrogens with zero attached hydrogens (tertiary/aromatic N) is 2. The Balaban J connectivity index is 1.37. The fourth-order valence-corrected chi connectivity index (χ4v) is 6.19. The van der Waals surface area contributed by atoms with Crippen molar-refractivity contribution < 1.29 is 4.79 Å². The van der Waals surface area contributed by atoms with Gasteiger partial charge in [-0.05, 0) is 68.5 Å². The number of carbonyl (C=O) groups excluding carboxylic acids is 1. The van der Waals surface area contributed by atoms with Gasteiger partial charge in [0.15, 0.2) is 5.11 Å². The van der Waals surface area contributed by atoms with Crippen LogP contribution in [0.5, 0.6) is 0 Å². The topological polar surface area (TPSA) is 35.6 Å². The van der Waals surface area contributed by atoms with Crippen molar-refractivity contribution in [3.8, 4) is 0 Å². The molecule has 4 aliphatic carbocycles. The largest absolute Gasteiger partial charge is 0.357 e. The van der Waals surface area contributed by atoms with Gasteiger partial charge in [0.25, 0.3) is 0 Å². The molecule has 122 valence electrons. The summed E-state index contributed by atoms with van der Waals surface area (Å²) in [7, 11) is 0. The van der Waals surface area contributed by atoms with E-state index < -0.39 is 0 Å². The summed E-state index contributed by atoms with van der Waals surface area (Å²) in [6.07, 6.45) is 8.37. The second kappa shape index (κ2) is 5.36. The van der Waals surface area contributed by atoms with Crippen LogP contribution in [0.2, 0.25) is 0 Å². The van der Waals surface area contributed by atoms with Gasteiger partial charge in [0.05, 0.1) is 0 Å². The number of nitrogens with one attached hydrogen (secondary N) is 1. The van der Waals surface area contributed by atoms with Crippen molar-refractivity contribution >= 4 is 23.2 Å². The quantitative estimate of drug-likeness (QED) is 0.749. The van der Waals surface area contributed by atoms with Crippen LogP contribution >= 0.6 is 12.2 Å². The summed E-state index contributed by atoms with van der Waals surface area (Å²) in [4.78, 5) is 15.6. The minimum Gasteiger partial charge on any atom is -0.357 e. The smallest absolute Gasteiger partial charge is 0.219 e. The zero-order valence-electron chi connectivity index (χ0n) is 13.5. The van der Waals surface area contributed by atoms with Crippen LogP contribution in [-0.4, -0.2) is 52.5 Å². The molecule has 0 atom stereocenters. The zero-order chi connectivity index (χ0) is 15.3. The van der Waals surface area contributed by atoms with Crippen molar-refractivity contribution in [2.75, 3.05) is 26.2 Å². The molecule has 1 heterocycles. The van der Waals surface area contributed by atoms with Crippen molar-refractivity contribution in [3.05, 3.63) is 0 Å². The monoisotopic (exact) mass is 321 g/mol. The third kappa shape index (κ3) is 2.61. The second-order valence-corrected chi connectivity index (χ2v) is 8.51. The number of hydrogen-bond donors (Lipinski definition) is 1. The van der Waals surface area contributed by atoms with Crippen molar-refractivity contribution in [2.45, 2.75) is 51.0 Å². The fourth-order valence-electron chi connectivity index (χ4n) is 5.79. The van der Waals surface area contributed by atoms with Gasteiger partial charge in [0, 0.05) is 38.6 Å². The SMILES string of the molecule is CC(=O)N1CCN(C(=S)NC23CC4CC(CC(C4)C2)C3)CC1. The molecule has 1 aliphatic heterocycles. The first kappa shape index (κ1) is 14.7. The summed E-state index contributed by atoms with van der Waals surface area (Å²) in [6.45, 7) is 5.01. The van der Waals surface area contributed by atoms with Gasteiger partial charge in [-0.2, -0.15) is 0 Å². The highest BCUT2D eigenvalue weighted by Gasteiger charge is 2.51. The standard InChI is InChI=1S/C17H27N3OS/c1-12(21)19-2-4-20(5-3-19)16(22)18-17-9-13-6-14(10-17)8-15(7-13)11-17/h13-15H,2-11H2,1H3,(H,18,22). The highest BCUT2D eigenvalue weighted by molar-refractivity contribution is 7.80. The summed E-state index contributed by atoms with van der Waals surface area (Å²) < 4.78 is 0. The lowest BCUT2D eigenvalue weighted by molar-refractivity contribution is -0.130. The molecule has 5 aliphatic rings. The average Bonchev–Trinajstić information content (AvgIpc) is 2.45. The first-order valence-electron chi connectivity index (χ1n) is 8.86. The van der Waals surface area contributed by atoms with E-state index in [1.165, 1.54) is 38.5 Å². The Bertz CT molecular complexity index is 449. The molecule has 0 unspecified atom stereocenters. The van der Waals surface area contributed by atoms with Crippen molar-refractivity contribution in [2.24, 2.45) is 17.8 Å². The highest BCUT2D eigenvalue weighted by Crippen LogP contribution is 2.55. The molecule has 1 saturated heterocycles. The van der Waals surface area contributed by atoms with Crippen LogP contribution in [0.25, 0.3) is 0 Å². The van der Waals surface area contributed by atoms with Gasteiger partial charge in [0.2, 0.25) is 5.91 Å². The first-order valence-corrected chi connectivity index (χ1v) is 9.26. The lowest BCUT2D eigenvalue weighted by Crippen LogP contribution is -2.63. The molecule has 0 spiro atoms. The molecule has 4 bridgehead atoms. The van der Waals surface area contributed by atoms with E-state index in [1.54, 1.807) is 6.92 Å². The normalized spacial score (nSPS) is 40.0. The number of hydrogen-bond acceptors (Lipinski definition) is 2. The predicted octanol–water partition coefficient (Wildman–Crippen LogP) is 1.99. The molecule has 5 fully saturated rings.